The Morgan fingerprint density at radius 3 is 2.67 bits per heavy atom. The molecule has 2 amide bonds. The molecule has 1 N–H and O–H groups in total. The number of sulfonamides is 1. The molecule has 3 aromatic rings. The van der Waals surface area contributed by atoms with Gasteiger partial charge in [-0.3, -0.25) is 14.6 Å². The number of aromatic nitrogens is 1. The Kier molecular flexibility index (Phi) is 9.58. The van der Waals surface area contributed by atoms with E-state index < -0.39 is 39.5 Å². The number of aliphatic hydroxyl groups excluding tert-OH is 1. The molecule has 2 aliphatic rings. The van der Waals surface area contributed by atoms with Crippen LogP contribution in [0.4, 0.5) is 0 Å². The van der Waals surface area contributed by atoms with Gasteiger partial charge in [-0.1, -0.05) is 25.8 Å². The Labute approximate surface area is 251 Å². The van der Waals surface area contributed by atoms with E-state index in [1.165, 1.54) is 28.0 Å². The fraction of sp³-hybridized carbons (Fsp3) is 0.484. The van der Waals surface area contributed by atoms with Crippen LogP contribution in [0.2, 0.25) is 0 Å². The van der Waals surface area contributed by atoms with Gasteiger partial charge in [0.15, 0.2) is 0 Å². The molecule has 2 saturated heterocycles. The van der Waals surface area contributed by atoms with Crippen LogP contribution in [0.1, 0.15) is 61.6 Å². The molecule has 12 heteroatoms. The number of hydrogen-bond donors (Lipinski definition) is 1. The van der Waals surface area contributed by atoms with Crippen molar-refractivity contribution in [2.24, 2.45) is 0 Å². The smallest absolute Gasteiger partial charge is 0.348 e. The van der Waals surface area contributed by atoms with E-state index in [1.54, 1.807) is 30.5 Å². The number of aryl methyl sites for hydroxylation is 1. The van der Waals surface area contributed by atoms with Gasteiger partial charge in [-0.15, -0.1) is 0 Å². The van der Waals surface area contributed by atoms with Crippen molar-refractivity contribution < 1.29 is 27.5 Å². The highest BCUT2D eigenvalue weighted by Gasteiger charge is 2.44. The molecule has 43 heavy (non-hydrogen) atoms. The molecule has 2 fully saturated rings. The Balaban J connectivity index is 1.45. The lowest BCUT2D eigenvalue weighted by atomic mass is 10.0. The van der Waals surface area contributed by atoms with Crippen LogP contribution in [0.3, 0.4) is 0 Å². The minimum Gasteiger partial charge on any atom is -0.427 e. The number of amides is 2. The van der Waals surface area contributed by atoms with E-state index in [4.69, 9.17) is 4.42 Å². The average molecular weight is 611 g/mol. The summed E-state index contributed by atoms with van der Waals surface area (Å²) in [4.78, 5) is 47.5. The molecule has 0 aliphatic carbocycles. The molecule has 2 atom stereocenters. The maximum absolute atomic E-state index is 14.0. The summed E-state index contributed by atoms with van der Waals surface area (Å²) >= 11 is 0. The van der Waals surface area contributed by atoms with Crippen LogP contribution < -0.4 is 5.63 Å². The van der Waals surface area contributed by atoms with Gasteiger partial charge >= 0.3 is 5.63 Å². The van der Waals surface area contributed by atoms with Crippen molar-refractivity contribution >= 4 is 32.7 Å². The third kappa shape index (κ3) is 6.51. The first-order chi connectivity index (χ1) is 20.7. The highest BCUT2D eigenvalue weighted by Crippen LogP contribution is 2.28. The lowest BCUT2D eigenvalue weighted by Gasteiger charge is -2.43. The van der Waals surface area contributed by atoms with Gasteiger partial charge in [-0.25, -0.2) is 13.2 Å². The maximum atomic E-state index is 14.0. The van der Waals surface area contributed by atoms with E-state index in [2.05, 4.69) is 11.9 Å². The van der Waals surface area contributed by atoms with E-state index >= 15 is 0 Å². The number of hydrogen-bond acceptors (Lipinski definition) is 8. The molecule has 230 valence electrons. The molecule has 11 nitrogen and oxygen atoms in total. The minimum atomic E-state index is -4.17. The summed E-state index contributed by atoms with van der Waals surface area (Å²) in [5, 5.41) is 10.6. The van der Waals surface area contributed by atoms with Gasteiger partial charge < -0.3 is 19.3 Å². The molecule has 0 bridgehead atoms. The van der Waals surface area contributed by atoms with Crippen molar-refractivity contribution in [2.75, 3.05) is 32.8 Å². The largest absolute Gasteiger partial charge is 0.427 e. The molecule has 0 spiro atoms. The van der Waals surface area contributed by atoms with Crippen LogP contribution in [0.25, 0.3) is 10.9 Å². The molecule has 2 aromatic heterocycles. The van der Waals surface area contributed by atoms with Crippen molar-refractivity contribution in [1.82, 2.24) is 19.1 Å². The number of piperidine rings is 1. The number of piperazine rings is 1. The first-order valence-electron chi connectivity index (χ1n) is 14.9. The Bertz CT molecular complexity index is 1640. The predicted molar refractivity (Wildman–Crippen MR) is 160 cm³/mol. The topological polar surface area (TPSA) is 141 Å². The molecule has 0 radical (unpaired) electrons. The summed E-state index contributed by atoms with van der Waals surface area (Å²) in [6.07, 6.45) is 7.29. The summed E-state index contributed by atoms with van der Waals surface area (Å²) in [5.41, 5.74) is -0.271. The SMILES string of the molecule is CCCCCc1ccc(C(=O)N2CCN(S(=O)(=O)c3ccc4ncccc4c3)C(C(=O)N3CCCCC3CO)C2)c(=O)o1. The maximum Gasteiger partial charge on any atom is 0.348 e. The van der Waals surface area contributed by atoms with Crippen molar-refractivity contribution in [1.29, 1.82) is 0 Å². The monoisotopic (exact) mass is 610 g/mol. The number of fused-ring (bicyclic) bond motifs is 1. The minimum absolute atomic E-state index is 0.0158. The molecule has 5 rings (SSSR count). The number of nitrogens with zero attached hydrogens (tertiary/aromatic N) is 4. The molecule has 4 heterocycles. The zero-order valence-corrected chi connectivity index (χ0v) is 25.2. The molecule has 2 unspecified atom stereocenters. The van der Waals surface area contributed by atoms with Crippen molar-refractivity contribution in [3.63, 3.8) is 0 Å². The zero-order valence-electron chi connectivity index (χ0n) is 24.4. The standard InChI is InChI=1S/C31H38N4O7S/c1-2-3-4-10-24-11-13-26(31(39)42-24)29(37)33-17-18-35(28(20-33)30(38)34-16-6-5-9-23(34)21-36)43(40,41)25-12-14-27-22(19-25)8-7-15-32-27/h7-8,11-15,19,23,28,36H,2-6,9-10,16-18,20-21H2,1H3. The number of carbonyl (C=O) groups excluding carboxylic acids is 2. The van der Waals surface area contributed by atoms with Gasteiger partial charge in [0.2, 0.25) is 15.9 Å². The van der Waals surface area contributed by atoms with Gasteiger partial charge in [0, 0.05) is 44.2 Å². The van der Waals surface area contributed by atoms with Crippen LogP contribution in [-0.2, 0) is 21.2 Å². The van der Waals surface area contributed by atoms with Gasteiger partial charge in [-0.05, 0) is 62.1 Å². The van der Waals surface area contributed by atoms with E-state index in [9.17, 15) is 27.9 Å². The lowest BCUT2D eigenvalue weighted by Crippen LogP contribution is -2.63. The molecular weight excluding hydrogens is 572 g/mol. The summed E-state index contributed by atoms with van der Waals surface area (Å²) in [5.74, 6) is -0.580. The number of carbonyl (C=O) groups is 2. The fourth-order valence-electron chi connectivity index (χ4n) is 5.93. The first kappa shape index (κ1) is 30.8. The Hall–Kier alpha value is -3.61. The van der Waals surface area contributed by atoms with Gasteiger partial charge in [0.25, 0.3) is 5.91 Å². The number of benzene rings is 1. The zero-order chi connectivity index (χ0) is 30.6. The second kappa shape index (κ2) is 13.4. The highest BCUT2D eigenvalue weighted by atomic mass is 32.2. The van der Waals surface area contributed by atoms with Gasteiger partial charge in [-0.2, -0.15) is 4.31 Å². The number of unbranched alkanes of at least 4 members (excludes halogenated alkanes) is 2. The van der Waals surface area contributed by atoms with Crippen LogP contribution in [0, 0.1) is 0 Å². The quantitative estimate of drug-likeness (QED) is 0.365. The summed E-state index contributed by atoms with van der Waals surface area (Å²) < 4.78 is 34.7. The average Bonchev–Trinajstić information content (AvgIpc) is 3.03. The number of rotatable bonds is 9. The van der Waals surface area contributed by atoms with Crippen molar-refractivity contribution in [2.45, 2.75) is 68.8 Å². The molecule has 2 aliphatic heterocycles. The summed E-state index contributed by atoms with van der Waals surface area (Å²) in [7, 11) is -4.17. The third-order valence-corrected chi connectivity index (χ3v) is 10.2. The number of pyridine rings is 1. The second-order valence-electron chi connectivity index (χ2n) is 11.2. The van der Waals surface area contributed by atoms with Gasteiger partial charge in [0.05, 0.1) is 23.1 Å². The fourth-order valence-corrected chi connectivity index (χ4v) is 7.53. The van der Waals surface area contributed by atoms with Crippen LogP contribution >= 0.6 is 0 Å². The van der Waals surface area contributed by atoms with E-state index in [-0.39, 0.29) is 36.7 Å². The summed E-state index contributed by atoms with van der Waals surface area (Å²) in [6.45, 7) is 1.82. The normalized spacial score (nSPS) is 20.0. The van der Waals surface area contributed by atoms with Crippen molar-refractivity contribution in [3.8, 4) is 0 Å². The molecule has 1 aromatic carbocycles. The number of likely N-dealkylation sites (tertiary alicyclic amines) is 1. The van der Waals surface area contributed by atoms with Crippen LogP contribution in [0.5, 0.6) is 0 Å². The summed E-state index contributed by atoms with van der Waals surface area (Å²) in [6, 6.07) is 9.50. The Morgan fingerprint density at radius 2 is 1.91 bits per heavy atom. The van der Waals surface area contributed by atoms with Crippen LogP contribution in [-0.4, -0.2) is 89.3 Å². The number of aliphatic hydroxyl groups is 1. The first-order valence-corrected chi connectivity index (χ1v) is 16.4. The predicted octanol–water partition coefficient (Wildman–Crippen LogP) is 2.81. The van der Waals surface area contributed by atoms with Gasteiger partial charge in [0.1, 0.15) is 17.4 Å². The third-order valence-electron chi connectivity index (χ3n) is 8.34. The van der Waals surface area contributed by atoms with E-state index in [0.717, 1.165) is 36.4 Å². The lowest BCUT2D eigenvalue weighted by molar-refractivity contribution is -0.141. The van der Waals surface area contributed by atoms with Crippen LogP contribution in [0.15, 0.2) is 62.8 Å². The Morgan fingerprint density at radius 1 is 1.07 bits per heavy atom. The second-order valence-corrected chi connectivity index (χ2v) is 13.1. The molecular formula is C31H38N4O7S. The van der Waals surface area contributed by atoms with E-state index in [0.29, 0.717) is 36.0 Å². The van der Waals surface area contributed by atoms with E-state index in [1.807, 2.05) is 0 Å². The molecule has 0 saturated carbocycles. The van der Waals surface area contributed by atoms with Crippen molar-refractivity contribution in [3.05, 3.63) is 70.4 Å². The highest BCUT2D eigenvalue weighted by molar-refractivity contribution is 7.89.